The third-order valence-electron chi connectivity index (χ3n) is 6.37. The first kappa shape index (κ1) is 25.8. The maximum absolute atomic E-state index is 6.94. The van der Waals surface area contributed by atoms with Crippen LogP contribution in [0.25, 0.3) is 0 Å². The Bertz CT molecular complexity index is 904. The molecule has 0 aliphatic heterocycles. The van der Waals surface area contributed by atoms with E-state index in [2.05, 4.69) is 55.5 Å². The maximum Gasteiger partial charge on any atom is 0.143 e. The van der Waals surface area contributed by atoms with Gasteiger partial charge in [0.05, 0.1) is 26.9 Å². The van der Waals surface area contributed by atoms with Gasteiger partial charge in [0.25, 0.3) is 0 Å². The first-order valence-electron chi connectivity index (χ1n) is 12.2. The molecule has 0 radical (unpaired) electrons. The molecule has 1 unspecified atom stereocenters. The molecule has 3 aromatic carbocycles. The molecule has 0 heterocycles. The van der Waals surface area contributed by atoms with Gasteiger partial charge in [-0.15, -0.1) is 0 Å². The van der Waals surface area contributed by atoms with E-state index in [-0.39, 0.29) is 6.10 Å². The van der Waals surface area contributed by atoms with Crippen LogP contribution in [-0.4, -0.2) is 34.0 Å². The van der Waals surface area contributed by atoms with Crippen LogP contribution in [0.3, 0.4) is 0 Å². The smallest absolute Gasteiger partial charge is 0.143 e. The van der Waals surface area contributed by atoms with Gasteiger partial charge in [-0.25, -0.2) is 0 Å². The van der Waals surface area contributed by atoms with Crippen molar-refractivity contribution in [2.24, 2.45) is 0 Å². The zero-order chi connectivity index (χ0) is 24.2. The molecular weight excluding hydrogens is 424 g/mol. The van der Waals surface area contributed by atoms with Crippen LogP contribution >= 0.6 is 0 Å². The van der Waals surface area contributed by atoms with Crippen molar-refractivity contribution in [2.75, 3.05) is 27.9 Å². The Balaban J connectivity index is 2.05. The average molecular weight is 463 g/mol. The van der Waals surface area contributed by atoms with Crippen molar-refractivity contribution in [3.05, 3.63) is 95.6 Å². The molecule has 0 N–H and O–H groups in total. The third kappa shape index (κ3) is 6.19. The predicted molar refractivity (Wildman–Crippen MR) is 138 cm³/mol. The summed E-state index contributed by atoms with van der Waals surface area (Å²) in [4.78, 5) is 0. The normalized spacial score (nSPS) is 12.4. The number of ether oxygens (including phenoxy) is 4. The van der Waals surface area contributed by atoms with Gasteiger partial charge in [0.1, 0.15) is 17.1 Å². The van der Waals surface area contributed by atoms with Crippen LogP contribution in [0.2, 0.25) is 0 Å². The predicted octanol–water partition coefficient (Wildman–Crippen LogP) is 7.00. The summed E-state index contributed by atoms with van der Waals surface area (Å²) in [6.45, 7) is 2.71. The summed E-state index contributed by atoms with van der Waals surface area (Å²) in [5.74, 6) is 1.62. The van der Waals surface area contributed by atoms with Crippen molar-refractivity contribution < 1.29 is 18.9 Å². The number of methoxy groups -OCH3 is 3. The van der Waals surface area contributed by atoms with Crippen molar-refractivity contribution in [2.45, 2.75) is 50.7 Å². The first-order chi connectivity index (χ1) is 16.7. The molecule has 3 rings (SSSR count). The van der Waals surface area contributed by atoms with Gasteiger partial charge in [0.2, 0.25) is 0 Å². The molecule has 0 saturated carbocycles. The van der Waals surface area contributed by atoms with Crippen molar-refractivity contribution in [1.29, 1.82) is 0 Å². The molecular formula is C30H38O4. The molecule has 0 saturated heterocycles. The fourth-order valence-electron chi connectivity index (χ4n) is 4.36. The highest BCUT2D eigenvalue weighted by atomic mass is 16.5. The lowest BCUT2D eigenvalue weighted by molar-refractivity contribution is -0.0545. The summed E-state index contributed by atoms with van der Waals surface area (Å²) in [6, 6.07) is 26.7. The van der Waals surface area contributed by atoms with E-state index < -0.39 is 5.60 Å². The molecule has 0 aromatic heterocycles. The van der Waals surface area contributed by atoms with Crippen LogP contribution in [0.1, 0.15) is 55.7 Å². The van der Waals surface area contributed by atoms with Crippen LogP contribution in [0.15, 0.2) is 78.9 Å². The molecule has 0 aliphatic carbocycles. The van der Waals surface area contributed by atoms with Crippen molar-refractivity contribution >= 4 is 0 Å². The number of hydrogen-bond acceptors (Lipinski definition) is 4. The van der Waals surface area contributed by atoms with Gasteiger partial charge in [-0.2, -0.15) is 0 Å². The Morgan fingerprint density at radius 1 is 0.647 bits per heavy atom. The summed E-state index contributed by atoms with van der Waals surface area (Å²) < 4.78 is 23.6. The lowest BCUT2D eigenvalue weighted by Crippen LogP contribution is -2.36. The minimum absolute atomic E-state index is 0.0245. The fourth-order valence-corrected chi connectivity index (χ4v) is 4.36. The highest BCUT2D eigenvalue weighted by molar-refractivity contribution is 5.49. The number of rotatable bonds is 14. The zero-order valence-corrected chi connectivity index (χ0v) is 21.0. The second-order valence-electron chi connectivity index (χ2n) is 8.52. The summed E-state index contributed by atoms with van der Waals surface area (Å²) in [7, 11) is 5.14. The fraction of sp³-hybridized carbons (Fsp3) is 0.400. The second-order valence-corrected chi connectivity index (χ2v) is 8.52. The minimum atomic E-state index is -0.806. The highest BCUT2D eigenvalue weighted by Crippen LogP contribution is 2.42. The number of unbranched alkanes of at least 4 members (excludes halogenated alkanes) is 3. The van der Waals surface area contributed by atoms with Gasteiger partial charge >= 0.3 is 0 Å². The number of benzene rings is 3. The molecule has 4 heteroatoms. The Hall–Kier alpha value is -2.82. The van der Waals surface area contributed by atoms with Crippen LogP contribution < -0.4 is 9.47 Å². The van der Waals surface area contributed by atoms with E-state index in [0.29, 0.717) is 6.61 Å². The Kier molecular flexibility index (Phi) is 9.99. The van der Waals surface area contributed by atoms with E-state index in [1.807, 2.05) is 30.3 Å². The molecule has 182 valence electrons. The Morgan fingerprint density at radius 2 is 1.18 bits per heavy atom. The molecule has 0 bridgehead atoms. The molecule has 0 spiro atoms. The van der Waals surface area contributed by atoms with Crippen molar-refractivity contribution in [3.8, 4) is 11.5 Å². The van der Waals surface area contributed by atoms with Gasteiger partial charge in [-0.05, 0) is 47.4 Å². The van der Waals surface area contributed by atoms with Crippen LogP contribution in [0.4, 0.5) is 0 Å². The van der Waals surface area contributed by atoms with Gasteiger partial charge in [0.15, 0.2) is 0 Å². The lowest BCUT2D eigenvalue weighted by atomic mass is 9.80. The summed E-state index contributed by atoms with van der Waals surface area (Å²) in [6.07, 6.45) is 5.84. The molecule has 4 nitrogen and oxygen atoms in total. The Labute approximate surface area is 204 Å². The molecule has 34 heavy (non-hydrogen) atoms. The standard InChI is InChI=1S/C30H38O4/c1-5-6-7-11-14-29(33-4)23-34-30(24-12-9-8-10-13-24,25-15-19-27(31-2)20-16-25)26-17-21-28(32-3)22-18-26/h8-10,12-13,15-22,29H,5-7,11,14,23H2,1-4H3. The van der Waals surface area contributed by atoms with E-state index in [0.717, 1.165) is 41.0 Å². The van der Waals surface area contributed by atoms with E-state index in [9.17, 15) is 0 Å². The largest absolute Gasteiger partial charge is 0.497 e. The molecule has 0 aliphatic rings. The van der Waals surface area contributed by atoms with E-state index >= 15 is 0 Å². The molecule has 3 aromatic rings. The molecule has 1 atom stereocenters. The van der Waals surface area contributed by atoms with Crippen LogP contribution in [0.5, 0.6) is 11.5 Å². The summed E-state index contributed by atoms with van der Waals surface area (Å²) >= 11 is 0. The summed E-state index contributed by atoms with van der Waals surface area (Å²) in [5, 5.41) is 0. The van der Waals surface area contributed by atoms with E-state index in [1.54, 1.807) is 21.3 Å². The monoisotopic (exact) mass is 462 g/mol. The Morgan fingerprint density at radius 3 is 1.65 bits per heavy atom. The van der Waals surface area contributed by atoms with Gasteiger partial charge in [0, 0.05) is 7.11 Å². The van der Waals surface area contributed by atoms with Gasteiger partial charge in [-0.1, -0.05) is 87.2 Å². The topological polar surface area (TPSA) is 36.9 Å². The zero-order valence-electron chi connectivity index (χ0n) is 21.0. The number of hydrogen-bond donors (Lipinski definition) is 0. The maximum atomic E-state index is 6.94. The minimum Gasteiger partial charge on any atom is -0.497 e. The molecule has 0 fully saturated rings. The van der Waals surface area contributed by atoms with Crippen LogP contribution in [-0.2, 0) is 15.1 Å². The van der Waals surface area contributed by atoms with E-state index in [1.165, 1.54) is 19.3 Å². The quantitative estimate of drug-likeness (QED) is 0.191. The molecule has 0 amide bonds. The van der Waals surface area contributed by atoms with E-state index in [4.69, 9.17) is 18.9 Å². The summed E-state index contributed by atoms with van der Waals surface area (Å²) in [5.41, 5.74) is 2.32. The first-order valence-corrected chi connectivity index (χ1v) is 12.2. The highest BCUT2D eigenvalue weighted by Gasteiger charge is 2.38. The van der Waals surface area contributed by atoms with Crippen molar-refractivity contribution in [3.63, 3.8) is 0 Å². The van der Waals surface area contributed by atoms with Gasteiger partial charge in [-0.3, -0.25) is 0 Å². The third-order valence-corrected chi connectivity index (χ3v) is 6.37. The SMILES string of the molecule is CCCCCCC(COC(c1ccccc1)(c1ccc(OC)cc1)c1ccc(OC)cc1)OC. The van der Waals surface area contributed by atoms with Crippen molar-refractivity contribution in [1.82, 2.24) is 0 Å². The van der Waals surface area contributed by atoms with Gasteiger partial charge < -0.3 is 18.9 Å². The average Bonchev–Trinajstić information content (AvgIpc) is 2.91. The second kappa shape index (κ2) is 13.2. The lowest BCUT2D eigenvalue weighted by Gasteiger charge is -2.37. The van der Waals surface area contributed by atoms with Crippen LogP contribution in [0, 0.1) is 0 Å².